The van der Waals surface area contributed by atoms with Crippen LogP contribution in [0.25, 0.3) is 11.0 Å². The third kappa shape index (κ3) is 3.58. The molecule has 4 rings (SSSR count). The number of aromatic amines is 1. The summed E-state index contributed by atoms with van der Waals surface area (Å²) in [5, 5.41) is 0. The fourth-order valence-electron chi connectivity index (χ4n) is 4.24. The molecule has 1 aromatic carbocycles. The number of ether oxygens (including phenoxy) is 1. The Balaban J connectivity index is 1.37. The summed E-state index contributed by atoms with van der Waals surface area (Å²) in [6, 6.07) is 4.75. The second-order valence-corrected chi connectivity index (χ2v) is 7.75. The smallest absolute Gasteiger partial charge is 0.140 e. The number of alkyl halides is 1. The molecule has 0 spiro atoms. The predicted octanol–water partition coefficient (Wildman–Crippen LogP) is 4.05. The van der Waals surface area contributed by atoms with Crippen LogP contribution in [-0.4, -0.2) is 46.3 Å². The number of likely N-dealkylation sites (tertiary alicyclic amines) is 1. The van der Waals surface area contributed by atoms with Crippen LogP contribution in [0.15, 0.2) is 12.1 Å². The molecule has 1 saturated heterocycles. The van der Waals surface area contributed by atoms with E-state index < -0.39 is 6.17 Å². The van der Waals surface area contributed by atoms with Crippen molar-refractivity contribution in [2.24, 2.45) is 0 Å². The van der Waals surface area contributed by atoms with Crippen molar-refractivity contribution in [2.45, 2.75) is 70.9 Å². The van der Waals surface area contributed by atoms with Crippen molar-refractivity contribution in [3.8, 4) is 0 Å². The van der Waals surface area contributed by atoms with E-state index in [-0.39, 0.29) is 6.10 Å². The summed E-state index contributed by atoms with van der Waals surface area (Å²) < 4.78 is 20.3. The molecule has 4 nitrogen and oxygen atoms in total. The quantitative estimate of drug-likeness (QED) is 0.909. The van der Waals surface area contributed by atoms with Gasteiger partial charge in [-0.15, -0.1) is 0 Å². The molecular formula is C20H28FN3O. The Morgan fingerprint density at radius 2 is 1.92 bits per heavy atom. The lowest BCUT2D eigenvalue weighted by Crippen LogP contribution is -2.35. The van der Waals surface area contributed by atoms with Gasteiger partial charge in [0.1, 0.15) is 24.7 Å². The summed E-state index contributed by atoms with van der Waals surface area (Å²) in [4.78, 5) is 10.2. The first-order valence-corrected chi connectivity index (χ1v) is 9.56. The maximum absolute atomic E-state index is 14.4. The number of benzene rings is 1. The molecule has 2 aromatic rings. The van der Waals surface area contributed by atoms with E-state index in [1.54, 1.807) is 0 Å². The standard InChI is InChI=1S/C20H28FN3O/c1-13-8-17-18(9-14(13)2)23-20(22-17)12-25-19-11-24(10-16(19)21)15-6-4-3-5-7-15/h8-9,15-16,19H,3-7,10-12H2,1-2H3,(H,22,23)/t16-,19+/m1/s1. The van der Waals surface area contributed by atoms with Gasteiger partial charge in [-0.05, 0) is 49.9 Å². The van der Waals surface area contributed by atoms with Crippen LogP contribution < -0.4 is 0 Å². The predicted molar refractivity (Wildman–Crippen MR) is 97.5 cm³/mol. The molecule has 2 heterocycles. The molecule has 0 radical (unpaired) electrons. The molecule has 2 atom stereocenters. The van der Waals surface area contributed by atoms with Gasteiger partial charge in [0, 0.05) is 19.1 Å². The normalized spacial score (nSPS) is 25.9. The van der Waals surface area contributed by atoms with E-state index in [1.807, 2.05) is 0 Å². The van der Waals surface area contributed by atoms with Crippen LogP contribution in [0, 0.1) is 13.8 Å². The molecule has 0 bridgehead atoms. The van der Waals surface area contributed by atoms with Gasteiger partial charge in [-0.2, -0.15) is 0 Å². The zero-order valence-corrected chi connectivity index (χ0v) is 15.2. The highest BCUT2D eigenvalue weighted by molar-refractivity contribution is 5.77. The van der Waals surface area contributed by atoms with Crippen LogP contribution in [0.2, 0.25) is 0 Å². The number of aryl methyl sites for hydroxylation is 2. The minimum atomic E-state index is -0.893. The largest absolute Gasteiger partial charge is 0.366 e. The van der Waals surface area contributed by atoms with Crippen LogP contribution in [-0.2, 0) is 11.3 Å². The van der Waals surface area contributed by atoms with Crippen LogP contribution >= 0.6 is 0 Å². The second-order valence-electron chi connectivity index (χ2n) is 7.75. The van der Waals surface area contributed by atoms with Gasteiger partial charge in [-0.3, -0.25) is 4.90 Å². The monoisotopic (exact) mass is 345 g/mol. The lowest BCUT2D eigenvalue weighted by atomic mass is 9.94. The molecule has 2 fully saturated rings. The number of hydrogen-bond donors (Lipinski definition) is 1. The van der Waals surface area contributed by atoms with E-state index >= 15 is 0 Å². The minimum absolute atomic E-state index is 0.335. The van der Waals surface area contributed by atoms with Gasteiger partial charge in [0.2, 0.25) is 0 Å². The van der Waals surface area contributed by atoms with Gasteiger partial charge in [0.25, 0.3) is 0 Å². The summed E-state index contributed by atoms with van der Waals surface area (Å²) in [5.74, 6) is 0.781. The van der Waals surface area contributed by atoms with Crippen LogP contribution in [0.5, 0.6) is 0 Å². The maximum atomic E-state index is 14.4. The van der Waals surface area contributed by atoms with E-state index in [9.17, 15) is 4.39 Å². The number of aromatic nitrogens is 2. The van der Waals surface area contributed by atoms with E-state index in [2.05, 4.69) is 40.8 Å². The number of hydrogen-bond acceptors (Lipinski definition) is 3. The zero-order chi connectivity index (χ0) is 17.4. The first-order valence-electron chi connectivity index (χ1n) is 9.56. The number of imidazole rings is 1. The Morgan fingerprint density at radius 3 is 2.72 bits per heavy atom. The summed E-state index contributed by atoms with van der Waals surface area (Å²) in [6.45, 7) is 5.76. The van der Waals surface area contributed by atoms with Crippen LogP contribution in [0.3, 0.4) is 0 Å². The highest BCUT2D eigenvalue weighted by Gasteiger charge is 2.37. The van der Waals surface area contributed by atoms with Gasteiger partial charge in [-0.25, -0.2) is 9.37 Å². The summed E-state index contributed by atoms with van der Waals surface area (Å²) in [7, 11) is 0. The lowest BCUT2D eigenvalue weighted by Gasteiger charge is -2.30. The molecule has 1 N–H and O–H groups in total. The molecular weight excluding hydrogens is 317 g/mol. The van der Waals surface area contributed by atoms with Crippen molar-refractivity contribution in [3.63, 3.8) is 0 Å². The molecule has 2 aliphatic rings. The van der Waals surface area contributed by atoms with E-state index in [4.69, 9.17) is 4.74 Å². The fourth-order valence-corrected chi connectivity index (χ4v) is 4.24. The van der Waals surface area contributed by atoms with Crippen molar-refractivity contribution in [1.82, 2.24) is 14.9 Å². The van der Waals surface area contributed by atoms with Crippen molar-refractivity contribution in [2.75, 3.05) is 13.1 Å². The molecule has 1 aliphatic carbocycles. The number of rotatable bonds is 4. The average molecular weight is 345 g/mol. The minimum Gasteiger partial charge on any atom is -0.366 e. The molecule has 1 aromatic heterocycles. The van der Waals surface area contributed by atoms with Gasteiger partial charge < -0.3 is 9.72 Å². The highest BCUT2D eigenvalue weighted by Crippen LogP contribution is 2.28. The summed E-state index contributed by atoms with van der Waals surface area (Å²) in [5.41, 5.74) is 4.45. The number of nitrogens with one attached hydrogen (secondary N) is 1. The highest BCUT2D eigenvalue weighted by atomic mass is 19.1. The van der Waals surface area contributed by atoms with Crippen molar-refractivity contribution < 1.29 is 9.13 Å². The number of halogens is 1. The Morgan fingerprint density at radius 1 is 1.16 bits per heavy atom. The summed E-state index contributed by atoms with van der Waals surface area (Å²) >= 11 is 0. The molecule has 0 unspecified atom stereocenters. The Kier molecular flexibility index (Phi) is 4.78. The Hall–Kier alpha value is -1.46. The second kappa shape index (κ2) is 7.04. The first-order chi connectivity index (χ1) is 12.1. The van der Waals surface area contributed by atoms with Crippen LogP contribution in [0.1, 0.15) is 49.1 Å². The first kappa shape index (κ1) is 17.0. The van der Waals surface area contributed by atoms with Crippen molar-refractivity contribution >= 4 is 11.0 Å². The fraction of sp³-hybridized carbons (Fsp3) is 0.650. The van der Waals surface area contributed by atoms with Gasteiger partial charge >= 0.3 is 0 Å². The maximum Gasteiger partial charge on any atom is 0.140 e. The molecule has 0 amide bonds. The van der Waals surface area contributed by atoms with Gasteiger partial charge in [0.05, 0.1) is 11.0 Å². The van der Waals surface area contributed by atoms with E-state index in [0.29, 0.717) is 25.7 Å². The number of fused-ring (bicyclic) bond motifs is 1. The Labute approximate surface area is 148 Å². The van der Waals surface area contributed by atoms with E-state index in [1.165, 1.54) is 43.2 Å². The van der Waals surface area contributed by atoms with Gasteiger partial charge in [0.15, 0.2) is 0 Å². The molecule has 1 saturated carbocycles. The lowest BCUT2D eigenvalue weighted by molar-refractivity contribution is 0.00726. The zero-order valence-electron chi connectivity index (χ0n) is 15.2. The molecule has 1 aliphatic heterocycles. The Bertz CT molecular complexity index is 699. The van der Waals surface area contributed by atoms with Crippen LogP contribution in [0.4, 0.5) is 4.39 Å². The van der Waals surface area contributed by atoms with Crippen molar-refractivity contribution in [3.05, 3.63) is 29.1 Å². The topological polar surface area (TPSA) is 41.1 Å². The molecule has 136 valence electrons. The molecule has 25 heavy (non-hydrogen) atoms. The number of nitrogens with zero attached hydrogens (tertiary/aromatic N) is 2. The average Bonchev–Trinajstić information content (AvgIpc) is 3.17. The summed E-state index contributed by atoms with van der Waals surface area (Å²) in [6.07, 6.45) is 5.08. The SMILES string of the molecule is Cc1cc2nc(CO[C@H]3CN(C4CCCCC4)C[C@H]3F)[nH]c2cc1C. The third-order valence-corrected chi connectivity index (χ3v) is 5.90. The molecule has 5 heteroatoms. The number of H-pyrrole nitrogens is 1. The third-order valence-electron chi connectivity index (χ3n) is 5.90. The van der Waals surface area contributed by atoms with E-state index in [0.717, 1.165) is 16.9 Å². The van der Waals surface area contributed by atoms with Crippen molar-refractivity contribution in [1.29, 1.82) is 0 Å². The van der Waals surface area contributed by atoms with Gasteiger partial charge in [-0.1, -0.05) is 19.3 Å².